The number of nitrogens with zero attached hydrogens (tertiary/aromatic N) is 2. The Morgan fingerprint density at radius 1 is 1.24 bits per heavy atom. The van der Waals surface area contributed by atoms with Crippen molar-refractivity contribution in [2.75, 3.05) is 26.2 Å². The Morgan fingerprint density at radius 2 is 1.95 bits per heavy atom. The molecule has 2 fully saturated rings. The lowest BCUT2D eigenvalue weighted by Gasteiger charge is -2.31. The average Bonchev–Trinajstić information content (AvgIpc) is 2.73. The number of amides is 2. The van der Waals surface area contributed by atoms with Gasteiger partial charge in [-0.3, -0.25) is 9.69 Å². The molecule has 2 rings (SSSR count). The number of carboxylic acids is 1. The number of carbonyl (C=O) groups is 2. The van der Waals surface area contributed by atoms with Crippen molar-refractivity contribution in [3.8, 4) is 0 Å². The van der Waals surface area contributed by atoms with Crippen molar-refractivity contribution in [1.82, 2.24) is 15.1 Å². The van der Waals surface area contributed by atoms with Crippen LogP contribution in [0.15, 0.2) is 0 Å². The van der Waals surface area contributed by atoms with Gasteiger partial charge in [-0.1, -0.05) is 0 Å². The number of aliphatic carboxylic acids is 1. The number of carbonyl (C=O) groups excluding carboxylic acids is 1. The summed E-state index contributed by atoms with van der Waals surface area (Å²) in [7, 11) is 0. The van der Waals surface area contributed by atoms with Crippen molar-refractivity contribution in [3.63, 3.8) is 0 Å². The van der Waals surface area contributed by atoms with Gasteiger partial charge in [-0.25, -0.2) is 4.79 Å². The second kappa shape index (κ2) is 6.64. The molecular weight excluding hydrogens is 270 g/mol. The third-order valence-electron chi connectivity index (χ3n) is 4.50. The smallest absolute Gasteiger partial charge is 0.317 e. The number of hydrogen-bond donors (Lipinski definition) is 2. The highest BCUT2D eigenvalue weighted by atomic mass is 16.4. The molecule has 0 aromatic carbocycles. The minimum absolute atomic E-state index is 0.0564. The van der Waals surface area contributed by atoms with Crippen molar-refractivity contribution >= 4 is 12.0 Å². The summed E-state index contributed by atoms with van der Waals surface area (Å²) in [5.74, 6) is -0.825. The Hall–Kier alpha value is -1.30. The van der Waals surface area contributed by atoms with Crippen LogP contribution in [0.2, 0.25) is 0 Å². The van der Waals surface area contributed by atoms with Gasteiger partial charge in [0, 0.05) is 37.6 Å². The van der Waals surface area contributed by atoms with Gasteiger partial charge in [-0.05, 0) is 46.1 Å². The molecule has 2 amide bonds. The van der Waals surface area contributed by atoms with Gasteiger partial charge in [0.05, 0.1) is 0 Å². The number of rotatable bonds is 4. The van der Waals surface area contributed by atoms with Gasteiger partial charge < -0.3 is 15.3 Å². The number of nitrogens with one attached hydrogen (secondary N) is 1. The number of fused-ring (bicyclic) bond motifs is 1. The molecule has 1 unspecified atom stereocenters. The van der Waals surface area contributed by atoms with Crippen LogP contribution in [-0.2, 0) is 4.79 Å². The van der Waals surface area contributed by atoms with Crippen LogP contribution in [0.3, 0.4) is 0 Å². The van der Waals surface area contributed by atoms with E-state index in [2.05, 4.69) is 10.2 Å². The summed E-state index contributed by atoms with van der Waals surface area (Å²) in [5.41, 5.74) is -0.489. The molecule has 2 heterocycles. The highest BCUT2D eigenvalue weighted by Crippen LogP contribution is 2.22. The van der Waals surface area contributed by atoms with Crippen molar-refractivity contribution < 1.29 is 14.7 Å². The van der Waals surface area contributed by atoms with E-state index >= 15 is 0 Å². The summed E-state index contributed by atoms with van der Waals surface area (Å²) >= 11 is 0. The Kier molecular flexibility index (Phi) is 5.08. The van der Waals surface area contributed by atoms with Crippen LogP contribution in [0.1, 0.15) is 46.0 Å². The molecule has 1 atom stereocenters. The summed E-state index contributed by atoms with van der Waals surface area (Å²) in [4.78, 5) is 27.5. The molecule has 0 radical (unpaired) electrons. The summed E-state index contributed by atoms with van der Waals surface area (Å²) in [6.45, 7) is 7.58. The molecule has 21 heavy (non-hydrogen) atoms. The van der Waals surface area contributed by atoms with E-state index in [4.69, 9.17) is 5.11 Å². The SMILES string of the molecule is CC(C)(CCC(=O)O)NC(=O)N1CCCN2CCCC2C1. The van der Waals surface area contributed by atoms with Crippen molar-refractivity contribution in [2.24, 2.45) is 0 Å². The summed E-state index contributed by atoms with van der Waals surface area (Å²) in [6.07, 6.45) is 3.93. The fourth-order valence-electron chi connectivity index (χ4n) is 3.24. The molecular formula is C15H27N3O3. The largest absolute Gasteiger partial charge is 0.481 e. The van der Waals surface area contributed by atoms with Crippen molar-refractivity contribution in [1.29, 1.82) is 0 Å². The number of carboxylic acid groups (broad SMARTS) is 1. The van der Waals surface area contributed by atoms with Gasteiger partial charge in [-0.15, -0.1) is 0 Å². The van der Waals surface area contributed by atoms with Gasteiger partial charge in [0.25, 0.3) is 0 Å². The molecule has 0 aliphatic carbocycles. The molecule has 0 spiro atoms. The first-order valence-corrected chi connectivity index (χ1v) is 7.90. The molecule has 2 aliphatic heterocycles. The van der Waals surface area contributed by atoms with E-state index in [1.807, 2.05) is 18.7 Å². The lowest BCUT2D eigenvalue weighted by atomic mass is 9.99. The monoisotopic (exact) mass is 297 g/mol. The Labute approximate surface area is 126 Å². The standard InChI is InChI=1S/C15H27N3O3/c1-15(2,7-6-13(19)20)16-14(21)18-10-4-9-17-8-3-5-12(17)11-18/h12H,3-11H2,1-2H3,(H,16,21)(H,19,20). The Balaban J connectivity index is 1.88. The van der Waals surface area contributed by atoms with Crippen molar-refractivity contribution in [3.05, 3.63) is 0 Å². The minimum Gasteiger partial charge on any atom is -0.481 e. The predicted octanol–water partition coefficient (Wildman–Crippen LogP) is 1.51. The van der Waals surface area contributed by atoms with Crippen LogP contribution in [0.25, 0.3) is 0 Å². The van der Waals surface area contributed by atoms with Crippen LogP contribution < -0.4 is 5.32 Å². The fourth-order valence-corrected chi connectivity index (χ4v) is 3.24. The van der Waals surface area contributed by atoms with E-state index in [1.54, 1.807) is 0 Å². The van der Waals surface area contributed by atoms with Crippen LogP contribution in [0.5, 0.6) is 0 Å². The van der Waals surface area contributed by atoms with E-state index in [-0.39, 0.29) is 12.5 Å². The lowest BCUT2D eigenvalue weighted by molar-refractivity contribution is -0.137. The predicted molar refractivity (Wildman–Crippen MR) is 80.3 cm³/mol. The van der Waals surface area contributed by atoms with Gasteiger partial charge in [-0.2, -0.15) is 0 Å². The van der Waals surface area contributed by atoms with Gasteiger partial charge in [0.1, 0.15) is 0 Å². The van der Waals surface area contributed by atoms with Gasteiger partial charge in [0.2, 0.25) is 0 Å². The molecule has 0 bridgehead atoms. The van der Waals surface area contributed by atoms with Gasteiger partial charge in [0.15, 0.2) is 0 Å². The maximum atomic E-state index is 12.4. The second-order valence-corrected chi connectivity index (χ2v) is 6.84. The van der Waals surface area contributed by atoms with E-state index in [1.165, 1.54) is 12.8 Å². The molecule has 2 saturated heterocycles. The molecule has 120 valence electrons. The zero-order valence-electron chi connectivity index (χ0n) is 13.1. The highest BCUT2D eigenvalue weighted by molar-refractivity contribution is 5.75. The van der Waals surface area contributed by atoms with Crippen LogP contribution in [-0.4, -0.2) is 64.7 Å². The molecule has 6 heteroatoms. The summed E-state index contributed by atoms with van der Waals surface area (Å²) in [5, 5.41) is 11.8. The molecule has 0 aromatic rings. The fraction of sp³-hybridized carbons (Fsp3) is 0.867. The van der Waals surface area contributed by atoms with E-state index < -0.39 is 11.5 Å². The van der Waals surface area contributed by atoms with Crippen LogP contribution in [0, 0.1) is 0 Å². The van der Waals surface area contributed by atoms with Crippen LogP contribution >= 0.6 is 0 Å². The normalized spacial score (nSPS) is 23.5. The summed E-state index contributed by atoms with van der Waals surface area (Å²) < 4.78 is 0. The van der Waals surface area contributed by atoms with E-state index in [9.17, 15) is 9.59 Å². The Bertz CT molecular complexity index is 398. The zero-order chi connectivity index (χ0) is 15.5. The summed E-state index contributed by atoms with van der Waals surface area (Å²) in [6, 6.07) is 0.444. The Morgan fingerprint density at radius 3 is 2.67 bits per heavy atom. The minimum atomic E-state index is -0.825. The second-order valence-electron chi connectivity index (χ2n) is 6.84. The van der Waals surface area contributed by atoms with Crippen molar-refractivity contribution in [2.45, 2.75) is 57.5 Å². The van der Waals surface area contributed by atoms with Crippen LogP contribution in [0.4, 0.5) is 4.79 Å². The molecule has 6 nitrogen and oxygen atoms in total. The first-order valence-electron chi connectivity index (χ1n) is 7.90. The topological polar surface area (TPSA) is 72.9 Å². The third-order valence-corrected chi connectivity index (χ3v) is 4.50. The quantitative estimate of drug-likeness (QED) is 0.825. The maximum absolute atomic E-state index is 12.4. The molecule has 0 saturated carbocycles. The van der Waals surface area contributed by atoms with E-state index in [0.717, 1.165) is 32.6 Å². The number of hydrogen-bond acceptors (Lipinski definition) is 3. The first-order chi connectivity index (χ1) is 9.87. The molecule has 2 N–H and O–H groups in total. The average molecular weight is 297 g/mol. The lowest BCUT2D eigenvalue weighted by Crippen LogP contribution is -2.52. The van der Waals surface area contributed by atoms with E-state index in [0.29, 0.717) is 12.5 Å². The maximum Gasteiger partial charge on any atom is 0.317 e. The highest BCUT2D eigenvalue weighted by Gasteiger charge is 2.32. The third kappa shape index (κ3) is 4.59. The number of urea groups is 1. The zero-order valence-corrected chi connectivity index (χ0v) is 13.1. The molecule has 0 aromatic heterocycles. The molecule has 2 aliphatic rings. The van der Waals surface area contributed by atoms with Gasteiger partial charge >= 0.3 is 12.0 Å². The first kappa shape index (κ1) is 16.1.